The highest BCUT2D eigenvalue weighted by molar-refractivity contribution is 5.98. The molecule has 156 valence electrons. The lowest BCUT2D eigenvalue weighted by Crippen LogP contribution is -2.30. The molecule has 0 saturated heterocycles. The van der Waals surface area contributed by atoms with Crippen LogP contribution in [0.4, 0.5) is 5.69 Å². The number of nitrogens with one attached hydrogen (secondary N) is 1. The van der Waals surface area contributed by atoms with E-state index in [4.69, 9.17) is 9.47 Å². The number of amides is 2. The molecule has 0 bridgehead atoms. The number of nitrogens with zero attached hydrogens (tertiary/aromatic N) is 1. The molecule has 2 heterocycles. The fraction of sp³-hybridized carbons (Fsp3) is 0.417. The highest BCUT2D eigenvalue weighted by Crippen LogP contribution is 2.43. The Morgan fingerprint density at radius 2 is 1.90 bits per heavy atom. The maximum Gasteiger partial charge on any atom is 0.251 e. The Morgan fingerprint density at radius 1 is 1.10 bits per heavy atom. The zero-order chi connectivity index (χ0) is 20.7. The van der Waals surface area contributed by atoms with Crippen LogP contribution >= 0.6 is 0 Å². The maximum atomic E-state index is 13.1. The summed E-state index contributed by atoms with van der Waals surface area (Å²) in [7, 11) is 0. The minimum absolute atomic E-state index is 0.0419. The van der Waals surface area contributed by atoms with Crippen molar-refractivity contribution < 1.29 is 19.1 Å². The molecule has 1 unspecified atom stereocenters. The first-order chi connectivity index (χ1) is 14.6. The molecule has 1 fully saturated rings. The van der Waals surface area contributed by atoms with E-state index in [1.165, 1.54) is 0 Å². The van der Waals surface area contributed by atoms with Crippen LogP contribution in [0.25, 0.3) is 0 Å². The van der Waals surface area contributed by atoms with Crippen LogP contribution in [0.15, 0.2) is 36.4 Å². The van der Waals surface area contributed by atoms with E-state index >= 15 is 0 Å². The minimum atomic E-state index is -0.0788. The number of benzene rings is 2. The molecule has 5 rings (SSSR count). The minimum Gasteiger partial charge on any atom is -0.486 e. The normalized spacial score (nSPS) is 18.0. The summed E-state index contributed by atoms with van der Waals surface area (Å²) in [5.74, 6) is 2.00. The summed E-state index contributed by atoms with van der Waals surface area (Å²) in [6.45, 7) is 3.67. The summed E-state index contributed by atoms with van der Waals surface area (Å²) < 4.78 is 11.3. The van der Waals surface area contributed by atoms with Gasteiger partial charge in [0.15, 0.2) is 11.5 Å². The third-order valence-electron chi connectivity index (χ3n) is 6.15. The Balaban J connectivity index is 1.36. The van der Waals surface area contributed by atoms with Crippen molar-refractivity contribution in [2.45, 2.75) is 38.6 Å². The number of hydrogen-bond donors (Lipinski definition) is 1. The molecule has 2 aliphatic heterocycles. The highest BCUT2D eigenvalue weighted by atomic mass is 16.6. The molecule has 0 aromatic heterocycles. The van der Waals surface area contributed by atoms with Crippen LogP contribution in [-0.4, -0.2) is 31.6 Å². The lowest BCUT2D eigenvalue weighted by molar-refractivity contribution is -0.118. The number of fused-ring (bicyclic) bond motifs is 2. The average Bonchev–Trinajstić information content (AvgIpc) is 3.54. The summed E-state index contributed by atoms with van der Waals surface area (Å²) in [6.07, 6.45) is 3.49. The van der Waals surface area contributed by atoms with Gasteiger partial charge >= 0.3 is 0 Å². The summed E-state index contributed by atoms with van der Waals surface area (Å²) >= 11 is 0. The molecular formula is C24H26N2O4. The van der Waals surface area contributed by atoms with Crippen LogP contribution in [0.3, 0.4) is 0 Å². The standard InChI is InChI=1S/C24H26N2O4/c1-2-22(27)26-10-9-16-13-18(5-7-19(16)26)24(28)25-23(15-3-4-15)17-6-8-20-21(14-17)30-12-11-29-20/h5-8,13-15,23H,2-4,9-12H2,1H3,(H,25,28). The molecule has 2 aromatic rings. The second kappa shape index (κ2) is 7.67. The van der Waals surface area contributed by atoms with Crippen molar-refractivity contribution in [3.8, 4) is 11.5 Å². The highest BCUT2D eigenvalue weighted by Gasteiger charge is 2.34. The lowest BCUT2D eigenvalue weighted by Gasteiger charge is -2.23. The molecule has 0 radical (unpaired) electrons. The average molecular weight is 406 g/mol. The van der Waals surface area contributed by atoms with E-state index in [9.17, 15) is 9.59 Å². The van der Waals surface area contributed by atoms with Crippen molar-refractivity contribution in [3.05, 3.63) is 53.1 Å². The van der Waals surface area contributed by atoms with Crippen LogP contribution in [0, 0.1) is 5.92 Å². The molecule has 30 heavy (non-hydrogen) atoms. The van der Waals surface area contributed by atoms with Gasteiger partial charge in [-0.15, -0.1) is 0 Å². The van der Waals surface area contributed by atoms with Crippen molar-refractivity contribution in [1.29, 1.82) is 0 Å². The zero-order valence-electron chi connectivity index (χ0n) is 17.1. The summed E-state index contributed by atoms with van der Waals surface area (Å²) in [5, 5.41) is 3.24. The maximum absolute atomic E-state index is 13.1. The molecule has 1 aliphatic carbocycles. The topological polar surface area (TPSA) is 67.9 Å². The predicted octanol–water partition coefficient (Wildman–Crippen LogP) is 3.64. The SMILES string of the molecule is CCC(=O)N1CCc2cc(C(=O)NC(c3ccc4c(c3)OCCO4)C3CC3)ccc21. The summed E-state index contributed by atoms with van der Waals surface area (Å²) in [6, 6.07) is 11.6. The molecule has 1 N–H and O–H groups in total. The fourth-order valence-corrected chi connectivity index (χ4v) is 4.37. The number of ether oxygens (including phenoxy) is 2. The van der Waals surface area contributed by atoms with Gasteiger partial charge in [-0.1, -0.05) is 13.0 Å². The third kappa shape index (κ3) is 3.51. The van der Waals surface area contributed by atoms with E-state index in [1.807, 2.05) is 48.2 Å². The van der Waals surface area contributed by atoms with Gasteiger partial charge in [0.1, 0.15) is 13.2 Å². The quantitative estimate of drug-likeness (QED) is 0.823. The molecule has 2 amide bonds. The van der Waals surface area contributed by atoms with Gasteiger partial charge in [0.25, 0.3) is 5.91 Å². The van der Waals surface area contributed by atoms with Crippen LogP contribution in [-0.2, 0) is 11.2 Å². The summed E-state index contributed by atoms with van der Waals surface area (Å²) in [4.78, 5) is 27.0. The second-order valence-electron chi connectivity index (χ2n) is 8.18. The molecule has 3 aliphatic rings. The summed E-state index contributed by atoms with van der Waals surface area (Å²) in [5.41, 5.74) is 3.69. The smallest absolute Gasteiger partial charge is 0.251 e. The monoisotopic (exact) mass is 406 g/mol. The molecule has 0 spiro atoms. The number of anilines is 1. The van der Waals surface area contributed by atoms with Crippen molar-refractivity contribution >= 4 is 17.5 Å². The van der Waals surface area contributed by atoms with Gasteiger partial charge in [-0.25, -0.2) is 0 Å². The Morgan fingerprint density at radius 3 is 2.67 bits per heavy atom. The Hall–Kier alpha value is -3.02. The van der Waals surface area contributed by atoms with Gasteiger partial charge in [0, 0.05) is 24.2 Å². The van der Waals surface area contributed by atoms with Crippen LogP contribution in [0.2, 0.25) is 0 Å². The Labute approximate surface area is 176 Å². The van der Waals surface area contributed by atoms with Gasteiger partial charge in [-0.2, -0.15) is 0 Å². The van der Waals surface area contributed by atoms with Crippen LogP contribution < -0.4 is 19.7 Å². The Kier molecular flexibility index (Phi) is 4.85. The first-order valence-electron chi connectivity index (χ1n) is 10.8. The molecule has 6 nitrogen and oxygen atoms in total. The first-order valence-corrected chi connectivity index (χ1v) is 10.8. The van der Waals surface area contributed by atoms with Crippen molar-refractivity contribution in [1.82, 2.24) is 5.32 Å². The van der Waals surface area contributed by atoms with E-state index in [0.717, 1.165) is 47.6 Å². The molecule has 2 aromatic carbocycles. The van der Waals surface area contributed by atoms with E-state index in [2.05, 4.69) is 5.32 Å². The van der Waals surface area contributed by atoms with E-state index in [-0.39, 0.29) is 17.9 Å². The third-order valence-corrected chi connectivity index (χ3v) is 6.15. The first kappa shape index (κ1) is 19.0. The van der Waals surface area contributed by atoms with Crippen LogP contribution in [0.5, 0.6) is 11.5 Å². The zero-order valence-corrected chi connectivity index (χ0v) is 17.1. The molecule has 1 atom stereocenters. The lowest BCUT2D eigenvalue weighted by atomic mass is 10.0. The predicted molar refractivity (Wildman–Crippen MR) is 113 cm³/mol. The number of carbonyl (C=O) groups excluding carboxylic acids is 2. The number of rotatable bonds is 5. The van der Waals surface area contributed by atoms with Crippen molar-refractivity contribution in [3.63, 3.8) is 0 Å². The van der Waals surface area contributed by atoms with Crippen molar-refractivity contribution in [2.24, 2.45) is 5.92 Å². The van der Waals surface area contributed by atoms with E-state index in [0.29, 0.717) is 37.7 Å². The van der Waals surface area contributed by atoms with E-state index < -0.39 is 0 Å². The van der Waals surface area contributed by atoms with Gasteiger partial charge in [0.05, 0.1) is 6.04 Å². The number of carbonyl (C=O) groups is 2. The molecular weight excluding hydrogens is 380 g/mol. The van der Waals surface area contributed by atoms with Gasteiger partial charge in [-0.05, 0) is 66.6 Å². The number of hydrogen-bond acceptors (Lipinski definition) is 4. The molecule has 6 heteroatoms. The second-order valence-corrected chi connectivity index (χ2v) is 8.18. The van der Waals surface area contributed by atoms with Gasteiger partial charge in [0.2, 0.25) is 5.91 Å². The fourth-order valence-electron chi connectivity index (χ4n) is 4.37. The van der Waals surface area contributed by atoms with Gasteiger partial charge < -0.3 is 19.7 Å². The molecule has 1 saturated carbocycles. The van der Waals surface area contributed by atoms with Gasteiger partial charge in [-0.3, -0.25) is 9.59 Å². The van der Waals surface area contributed by atoms with Crippen LogP contribution in [0.1, 0.15) is 53.7 Å². The van der Waals surface area contributed by atoms with Crippen molar-refractivity contribution in [2.75, 3.05) is 24.7 Å². The van der Waals surface area contributed by atoms with E-state index in [1.54, 1.807) is 0 Å². The Bertz CT molecular complexity index is 999. The largest absolute Gasteiger partial charge is 0.486 e.